The van der Waals surface area contributed by atoms with Crippen LogP contribution in [0, 0.1) is 0 Å². The molecule has 0 aliphatic carbocycles. The van der Waals surface area contributed by atoms with Gasteiger partial charge in [-0.15, -0.1) is 0 Å². The summed E-state index contributed by atoms with van der Waals surface area (Å²) in [5, 5.41) is 0. The molecule has 5 heteroatoms. The molecule has 2 nitrogen and oxygen atoms in total. The molecule has 1 rings (SSSR count). The van der Waals surface area contributed by atoms with E-state index < -0.39 is 12.1 Å². The Balaban J connectivity index is 2.62. The van der Waals surface area contributed by atoms with E-state index in [2.05, 4.69) is 9.73 Å². The Morgan fingerprint density at radius 2 is 2.10 bits per heavy atom. The maximum Gasteiger partial charge on any atom is 0.468 e. The summed E-state index contributed by atoms with van der Waals surface area (Å²) in [6, 6.07) is 0. The normalized spacial score (nSPS) is 19.7. The van der Waals surface area contributed by atoms with Crippen LogP contribution in [0.1, 0.15) is 6.42 Å². The van der Waals surface area contributed by atoms with E-state index in [1.807, 2.05) is 0 Å². The Hall–Kier alpha value is -0.740. The first kappa shape index (κ1) is 7.37. The molecule has 10 heavy (non-hydrogen) atoms. The van der Waals surface area contributed by atoms with E-state index in [4.69, 9.17) is 0 Å². The van der Waals surface area contributed by atoms with Crippen LogP contribution in [0.15, 0.2) is 4.99 Å². The summed E-state index contributed by atoms with van der Waals surface area (Å²) in [5.41, 5.74) is 0. The summed E-state index contributed by atoms with van der Waals surface area (Å²) in [6.07, 6.45) is -3.83. The summed E-state index contributed by atoms with van der Waals surface area (Å²) in [7, 11) is 0. The molecule has 0 aromatic carbocycles. The number of alkyl halides is 3. The van der Waals surface area contributed by atoms with Gasteiger partial charge in [-0.3, -0.25) is 0 Å². The highest BCUT2D eigenvalue weighted by molar-refractivity contribution is 5.82. The van der Waals surface area contributed by atoms with Gasteiger partial charge in [-0.2, -0.15) is 13.2 Å². The first-order valence-corrected chi connectivity index (χ1v) is 2.85. The zero-order valence-corrected chi connectivity index (χ0v) is 5.11. The maximum absolute atomic E-state index is 11.7. The molecule has 0 atom stereocenters. The van der Waals surface area contributed by atoms with Gasteiger partial charge in [0, 0.05) is 13.0 Å². The van der Waals surface area contributed by atoms with Crippen molar-refractivity contribution in [2.45, 2.75) is 12.6 Å². The molecular weight excluding hydrogens is 147 g/mol. The molecule has 0 fully saturated rings. The van der Waals surface area contributed by atoms with Gasteiger partial charge in [-0.1, -0.05) is 0 Å². The van der Waals surface area contributed by atoms with Crippen LogP contribution in [-0.4, -0.2) is 25.2 Å². The third-order valence-electron chi connectivity index (χ3n) is 1.04. The highest BCUT2D eigenvalue weighted by Gasteiger charge is 2.38. The lowest BCUT2D eigenvalue weighted by Crippen LogP contribution is -2.29. The largest absolute Gasteiger partial charge is 0.474 e. The van der Waals surface area contributed by atoms with Crippen LogP contribution >= 0.6 is 0 Å². The van der Waals surface area contributed by atoms with Crippen LogP contribution in [0.3, 0.4) is 0 Å². The topological polar surface area (TPSA) is 21.6 Å². The van der Waals surface area contributed by atoms with Crippen LogP contribution in [-0.2, 0) is 4.74 Å². The van der Waals surface area contributed by atoms with Crippen molar-refractivity contribution < 1.29 is 17.9 Å². The summed E-state index contributed by atoms with van der Waals surface area (Å²) in [5.74, 6) is -1.08. The van der Waals surface area contributed by atoms with Crippen molar-refractivity contribution in [3.8, 4) is 0 Å². The van der Waals surface area contributed by atoms with Gasteiger partial charge in [-0.25, -0.2) is 4.99 Å². The molecule has 0 aromatic rings. The first-order chi connectivity index (χ1) is 4.61. The van der Waals surface area contributed by atoms with Crippen LogP contribution in [0.4, 0.5) is 13.2 Å². The fourth-order valence-corrected chi connectivity index (χ4v) is 0.631. The van der Waals surface area contributed by atoms with Crippen LogP contribution < -0.4 is 0 Å². The van der Waals surface area contributed by atoms with E-state index in [0.717, 1.165) is 0 Å². The lowest BCUT2D eigenvalue weighted by Gasteiger charge is -2.15. The molecule has 1 heterocycles. The third kappa shape index (κ3) is 1.62. The number of aliphatic imine (C=N–C) groups is 1. The second-order valence-electron chi connectivity index (χ2n) is 1.89. The van der Waals surface area contributed by atoms with Crippen molar-refractivity contribution in [3.05, 3.63) is 0 Å². The van der Waals surface area contributed by atoms with E-state index in [9.17, 15) is 13.2 Å². The van der Waals surface area contributed by atoms with Crippen molar-refractivity contribution >= 4 is 5.90 Å². The smallest absolute Gasteiger partial charge is 0.468 e. The Morgan fingerprint density at radius 3 is 2.40 bits per heavy atom. The minimum atomic E-state index is -4.40. The molecule has 0 saturated carbocycles. The van der Waals surface area contributed by atoms with Gasteiger partial charge in [0.2, 0.25) is 0 Å². The van der Waals surface area contributed by atoms with E-state index in [1.165, 1.54) is 0 Å². The SMILES string of the molecule is FC(F)(F)C1=NCCCO1. The minimum Gasteiger partial charge on any atom is -0.474 e. The molecule has 0 spiro atoms. The van der Waals surface area contributed by atoms with E-state index in [1.54, 1.807) is 0 Å². The van der Waals surface area contributed by atoms with Crippen LogP contribution in [0.2, 0.25) is 0 Å². The molecule has 1 aliphatic rings. The van der Waals surface area contributed by atoms with Gasteiger partial charge in [0.25, 0.3) is 5.90 Å². The Labute approximate surface area is 55.7 Å². The Morgan fingerprint density at radius 1 is 1.40 bits per heavy atom. The van der Waals surface area contributed by atoms with Gasteiger partial charge < -0.3 is 4.74 Å². The summed E-state index contributed by atoms with van der Waals surface area (Å²) >= 11 is 0. The third-order valence-corrected chi connectivity index (χ3v) is 1.04. The van der Waals surface area contributed by atoms with Crippen molar-refractivity contribution in [1.82, 2.24) is 0 Å². The standard InChI is InChI=1S/C5H6F3NO/c6-5(7,8)4-9-2-1-3-10-4/h1-3H2. The number of halogens is 3. The minimum absolute atomic E-state index is 0.123. The molecule has 58 valence electrons. The van der Waals surface area contributed by atoms with Gasteiger partial charge in [-0.05, 0) is 0 Å². The molecule has 0 bridgehead atoms. The fourth-order valence-electron chi connectivity index (χ4n) is 0.631. The van der Waals surface area contributed by atoms with Crippen molar-refractivity contribution in [3.63, 3.8) is 0 Å². The second-order valence-corrected chi connectivity index (χ2v) is 1.89. The van der Waals surface area contributed by atoms with Crippen molar-refractivity contribution in [1.29, 1.82) is 0 Å². The van der Waals surface area contributed by atoms with E-state index >= 15 is 0 Å². The first-order valence-electron chi connectivity index (χ1n) is 2.85. The molecule has 0 saturated heterocycles. The number of nitrogens with zero attached hydrogens (tertiary/aromatic N) is 1. The predicted molar refractivity (Wildman–Crippen MR) is 28.9 cm³/mol. The summed E-state index contributed by atoms with van der Waals surface area (Å²) in [4.78, 5) is 3.17. The molecule has 0 radical (unpaired) electrons. The van der Waals surface area contributed by atoms with Gasteiger partial charge in [0.05, 0.1) is 6.61 Å². The average Bonchev–Trinajstić information content (AvgIpc) is 1.88. The lowest BCUT2D eigenvalue weighted by atomic mass is 10.4. The summed E-state index contributed by atoms with van der Waals surface area (Å²) < 4.78 is 39.3. The second kappa shape index (κ2) is 2.48. The van der Waals surface area contributed by atoms with E-state index in [0.29, 0.717) is 6.42 Å². The van der Waals surface area contributed by atoms with Gasteiger partial charge >= 0.3 is 6.18 Å². The average molecular weight is 153 g/mol. The monoisotopic (exact) mass is 153 g/mol. The molecule has 0 unspecified atom stereocenters. The van der Waals surface area contributed by atoms with Crippen LogP contribution in [0.25, 0.3) is 0 Å². The molecule has 0 amide bonds. The van der Waals surface area contributed by atoms with Crippen LogP contribution in [0.5, 0.6) is 0 Å². The highest BCUT2D eigenvalue weighted by atomic mass is 19.4. The molecular formula is C5H6F3NO. The number of ether oxygens (including phenoxy) is 1. The Bertz CT molecular complexity index is 151. The number of hydrogen-bond acceptors (Lipinski definition) is 2. The molecule has 1 aliphatic heterocycles. The zero-order valence-electron chi connectivity index (χ0n) is 5.11. The summed E-state index contributed by atoms with van der Waals surface area (Å²) in [6.45, 7) is 0.340. The highest BCUT2D eigenvalue weighted by Crippen LogP contribution is 2.19. The zero-order chi connectivity index (χ0) is 7.61. The van der Waals surface area contributed by atoms with Crippen molar-refractivity contribution in [2.24, 2.45) is 4.99 Å². The van der Waals surface area contributed by atoms with Gasteiger partial charge in [0.15, 0.2) is 0 Å². The van der Waals surface area contributed by atoms with E-state index in [-0.39, 0.29) is 13.2 Å². The van der Waals surface area contributed by atoms with Gasteiger partial charge in [0.1, 0.15) is 0 Å². The predicted octanol–water partition coefficient (Wildman–Crippen LogP) is 1.37. The quantitative estimate of drug-likeness (QED) is 0.515. The maximum atomic E-state index is 11.7. The molecule has 0 aromatic heterocycles. The van der Waals surface area contributed by atoms with Crippen molar-refractivity contribution in [2.75, 3.05) is 13.2 Å². The fraction of sp³-hybridized carbons (Fsp3) is 0.800. The number of rotatable bonds is 0. The lowest BCUT2D eigenvalue weighted by molar-refractivity contribution is -0.0800. The Kier molecular flexibility index (Phi) is 1.82. The molecule has 0 N–H and O–H groups in total. The number of hydrogen-bond donors (Lipinski definition) is 0.